The summed E-state index contributed by atoms with van der Waals surface area (Å²) in [5.41, 5.74) is 5.86. The fourth-order valence-electron chi connectivity index (χ4n) is 2.30. The van der Waals surface area contributed by atoms with Gasteiger partial charge in [0.25, 0.3) is 0 Å². The van der Waals surface area contributed by atoms with Crippen LogP contribution in [0.25, 0.3) is 0 Å². The molecular weight excluding hydrogens is 306 g/mol. The summed E-state index contributed by atoms with van der Waals surface area (Å²) in [7, 11) is -3.09. The first-order valence-electron chi connectivity index (χ1n) is 6.06. The molecule has 2 N–H and O–H groups in total. The lowest BCUT2D eigenvalue weighted by Gasteiger charge is -2.37. The van der Waals surface area contributed by atoms with E-state index in [1.807, 2.05) is 12.1 Å². The van der Waals surface area contributed by atoms with E-state index in [2.05, 4.69) is 4.90 Å². The molecule has 1 unspecified atom stereocenters. The highest BCUT2D eigenvalue weighted by Gasteiger charge is 2.28. The summed E-state index contributed by atoms with van der Waals surface area (Å²) in [6.07, 6.45) is 1.25. The quantitative estimate of drug-likeness (QED) is 0.897. The van der Waals surface area contributed by atoms with E-state index in [1.54, 1.807) is 0 Å². The first-order valence-corrected chi connectivity index (χ1v) is 9.10. The smallest absolute Gasteiger partial charge is 0.211 e. The highest BCUT2D eigenvalue weighted by molar-refractivity contribution is 7.88. The SMILES string of the molecule is CS(=O)(=O)N1CCN(C(CN)c2ccc(Cl)s2)CC1. The van der Waals surface area contributed by atoms with Gasteiger partial charge >= 0.3 is 0 Å². The lowest BCUT2D eigenvalue weighted by atomic mass is 10.2. The maximum atomic E-state index is 11.5. The van der Waals surface area contributed by atoms with Crippen LogP contribution >= 0.6 is 22.9 Å². The maximum Gasteiger partial charge on any atom is 0.211 e. The van der Waals surface area contributed by atoms with Crippen molar-refractivity contribution in [2.45, 2.75) is 6.04 Å². The van der Waals surface area contributed by atoms with Crippen LogP contribution in [0.15, 0.2) is 12.1 Å². The predicted octanol–water partition coefficient (Wildman–Crippen LogP) is 0.979. The summed E-state index contributed by atoms with van der Waals surface area (Å²) in [4.78, 5) is 3.37. The van der Waals surface area contributed by atoms with Crippen LogP contribution in [0.5, 0.6) is 0 Å². The summed E-state index contributed by atoms with van der Waals surface area (Å²) in [6.45, 7) is 2.95. The van der Waals surface area contributed by atoms with E-state index in [4.69, 9.17) is 17.3 Å². The molecule has 108 valence electrons. The molecule has 0 saturated carbocycles. The molecule has 0 aromatic carbocycles. The molecular formula is C11H18ClN3O2S2. The van der Waals surface area contributed by atoms with Crippen LogP contribution in [0.1, 0.15) is 10.9 Å². The molecule has 1 atom stereocenters. The number of rotatable bonds is 4. The first kappa shape index (κ1) is 15.2. The zero-order valence-corrected chi connectivity index (χ0v) is 13.1. The van der Waals surface area contributed by atoms with E-state index in [-0.39, 0.29) is 6.04 Å². The number of sulfonamides is 1. The lowest BCUT2D eigenvalue weighted by Crippen LogP contribution is -2.50. The van der Waals surface area contributed by atoms with Gasteiger partial charge in [-0.25, -0.2) is 8.42 Å². The Bertz CT molecular complexity index is 524. The van der Waals surface area contributed by atoms with E-state index in [0.717, 1.165) is 9.21 Å². The molecule has 5 nitrogen and oxygen atoms in total. The Morgan fingerprint density at radius 1 is 1.37 bits per heavy atom. The molecule has 0 aliphatic carbocycles. The third-order valence-corrected chi connectivity index (χ3v) is 5.96. The number of nitrogens with zero attached hydrogens (tertiary/aromatic N) is 2. The van der Waals surface area contributed by atoms with Crippen LogP contribution in [-0.4, -0.2) is 56.6 Å². The summed E-state index contributed by atoms with van der Waals surface area (Å²) < 4.78 is 25.2. The highest BCUT2D eigenvalue weighted by atomic mass is 35.5. The van der Waals surface area contributed by atoms with Gasteiger partial charge in [0, 0.05) is 37.6 Å². The molecule has 2 heterocycles. The lowest BCUT2D eigenvalue weighted by molar-refractivity contribution is 0.142. The fourth-order valence-corrected chi connectivity index (χ4v) is 4.33. The Kier molecular flexibility index (Phi) is 4.86. The second-order valence-electron chi connectivity index (χ2n) is 4.59. The van der Waals surface area contributed by atoms with Crippen LogP contribution in [0.2, 0.25) is 4.34 Å². The second-order valence-corrected chi connectivity index (χ2v) is 8.32. The van der Waals surface area contributed by atoms with Crippen molar-refractivity contribution in [2.24, 2.45) is 5.73 Å². The molecule has 0 spiro atoms. The van der Waals surface area contributed by atoms with Crippen LogP contribution < -0.4 is 5.73 Å². The Balaban J connectivity index is 2.03. The van der Waals surface area contributed by atoms with Crippen molar-refractivity contribution in [3.05, 3.63) is 21.3 Å². The molecule has 2 rings (SSSR count). The molecule has 1 aromatic rings. The van der Waals surface area contributed by atoms with Crippen LogP contribution in [0.3, 0.4) is 0 Å². The van der Waals surface area contributed by atoms with Crippen LogP contribution in [0.4, 0.5) is 0 Å². The van der Waals surface area contributed by atoms with Gasteiger partial charge in [-0.05, 0) is 12.1 Å². The number of halogens is 1. The average Bonchev–Trinajstić information content (AvgIpc) is 2.76. The zero-order valence-electron chi connectivity index (χ0n) is 10.8. The predicted molar refractivity (Wildman–Crippen MR) is 79.1 cm³/mol. The van der Waals surface area contributed by atoms with E-state index in [1.165, 1.54) is 21.9 Å². The Morgan fingerprint density at radius 2 is 2.00 bits per heavy atom. The van der Waals surface area contributed by atoms with Crippen molar-refractivity contribution in [1.82, 2.24) is 9.21 Å². The number of hydrogen-bond donors (Lipinski definition) is 1. The van der Waals surface area contributed by atoms with Gasteiger partial charge in [0.2, 0.25) is 10.0 Å². The second kappa shape index (κ2) is 6.07. The number of nitrogens with two attached hydrogens (primary N) is 1. The summed E-state index contributed by atoms with van der Waals surface area (Å²) in [6, 6.07) is 3.99. The highest BCUT2D eigenvalue weighted by Crippen LogP contribution is 2.30. The van der Waals surface area contributed by atoms with E-state index < -0.39 is 10.0 Å². The van der Waals surface area contributed by atoms with Gasteiger partial charge in [-0.15, -0.1) is 11.3 Å². The number of thiophene rings is 1. The molecule has 1 fully saturated rings. The van der Waals surface area contributed by atoms with Crippen molar-refractivity contribution in [2.75, 3.05) is 39.0 Å². The van der Waals surface area contributed by atoms with E-state index in [9.17, 15) is 8.42 Å². The average molecular weight is 324 g/mol. The Labute approximate surface area is 123 Å². The minimum atomic E-state index is -3.09. The minimum Gasteiger partial charge on any atom is -0.329 e. The van der Waals surface area contributed by atoms with Crippen LogP contribution in [-0.2, 0) is 10.0 Å². The zero-order chi connectivity index (χ0) is 14.0. The molecule has 8 heteroatoms. The van der Waals surface area contributed by atoms with Crippen molar-refractivity contribution < 1.29 is 8.42 Å². The molecule has 0 bridgehead atoms. The normalized spacial score (nSPS) is 20.6. The van der Waals surface area contributed by atoms with Crippen LogP contribution in [0, 0.1) is 0 Å². The Morgan fingerprint density at radius 3 is 2.42 bits per heavy atom. The monoisotopic (exact) mass is 323 g/mol. The van der Waals surface area contributed by atoms with Crippen molar-refractivity contribution in [3.63, 3.8) is 0 Å². The van der Waals surface area contributed by atoms with Gasteiger partial charge in [-0.2, -0.15) is 4.31 Å². The number of piperazine rings is 1. The molecule has 1 aliphatic heterocycles. The van der Waals surface area contributed by atoms with Gasteiger partial charge in [-0.3, -0.25) is 4.90 Å². The Hall–Kier alpha value is -0.180. The van der Waals surface area contributed by atoms with Gasteiger partial charge in [0.05, 0.1) is 16.6 Å². The summed E-state index contributed by atoms with van der Waals surface area (Å²) in [5, 5.41) is 0. The third kappa shape index (κ3) is 3.68. The third-order valence-electron chi connectivity index (χ3n) is 3.33. The largest absolute Gasteiger partial charge is 0.329 e. The van der Waals surface area contributed by atoms with Crippen molar-refractivity contribution in [3.8, 4) is 0 Å². The fraction of sp³-hybridized carbons (Fsp3) is 0.636. The molecule has 1 saturated heterocycles. The minimum absolute atomic E-state index is 0.124. The maximum absolute atomic E-state index is 11.5. The summed E-state index contributed by atoms with van der Waals surface area (Å²) >= 11 is 7.49. The van der Waals surface area contributed by atoms with Crippen molar-refractivity contribution >= 4 is 33.0 Å². The van der Waals surface area contributed by atoms with Crippen molar-refractivity contribution in [1.29, 1.82) is 0 Å². The van der Waals surface area contributed by atoms with E-state index >= 15 is 0 Å². The standard InChI is InChI=1S/C11H18ClN3O2S2/c1-19(16,17)15-6-4-14(5-7-15)9(8-13)10-2-3-11(12)18-10/h2-3,9H,4-8,13H2,1H3. The van der Waals surface area contributed by atoms with Gasteiger partial charge in [0.1, 0.15) is 0 Å². The molecule has 0 radical (unpaired) electrons. The van der Waals surface area contributed by atoms with Gasteiger partial charge in [0.15, 0.2) is 0 Å². The van der Waals surface area contributed by atoms with Gasteiger partial charge in [-0.1, -0.05) is 11.6 Å². The molecule has 1 aromatic heterocycles. The summed E-state index contributed by atoms with van der Waals surface area (Å²) in [5.74, 6) is 0. The molecule has 1 aliphatic rings. The number of hydrogen-bond acceptors (Lipinski definition) is 5. The molecule has 0 amide bonds. The van der Waals surface area contributed by atoms with E-state index in [0.29, 0.717) is 32.7 Å². The molecule has 19 heavy (non-hydrogen) atoms. The van der Waals surface area contributed by atoms with Gasteiger partial charge < -0.3 is 5.73 Å². The topological polar surface area (TPSA) is 66.6 Å². The first-order chi connectivity index (χ1) is 8.91.